The van der Waals surface area contributed by atoms with Gasteiger partial charge in [-0.1, -0.05) is 23.8 Å². The van der Waals surface area contributed by atoms with Crippen molar-refractivity contribution in [3.63, 3.8) is 0 Å². The Kier molecular flexibility index (Phi) is 6.72. The van der Waals surface area contributed by atoms with Crippen molar-refractivity contribution in [2.75, 3.05) is 5.73 Å². The molecule has 198 valence electrons. The van der Waals surface area contributed by atoms with Crippen molar-refractivity contribution in [3.8, 4) is 0 Å². The Morgan fingerprint density at radius 3 is 1.37 bits per heavy atom. The number of aliphatic hydroxyl groups is 2. The number of benzene rings is 1. The van der Waals surface area contributed by atoms with E-state index in [0.717, 1.165) is 24.3 Å². The maximum Gasteiger partial charge on any atom is 0.427 e. The monoisotopic (exact) mass is 532 g/mol. The smallest absolute Gasteiger partial charge is 0.402 e. The molecule has 1 aromatic carbocycles. The predicted molar refractivity (Wildman–Crippen MR) is 96.1 cm³/mol. The van der Waals surface area contributed by atoms with Gasteiger partial charge in [0, 0.05) is 17.8 Å². The maximum absolute atomic E-state index is 13.9. The highest BCUT2D eigenvalue weighted by molar-refractivity contribution is 5.46. The first kappa shape index (κ1) is 28.6. The molecule has 0 atom stereocenters. The number of rotatable bonds is 4. The first-order valence-electron chi connectivity index (χ1n) is 9.19. The average Bonchev–Trinajstić information content (AvgIpc) is 2.66. The zero-order valence-electron chi connectivity index (χ0n) is 17.0. The molecule has 6 N–H and O–H groups in total. The fourth-order valence-electron chi connectivity index (χ4n) is 4.17. The Balaban J connectivity index is 3.16. The van der Waals surface area contributed by atoms with Gasteiger partial charge in [0.15, 0.2) is 0 Å². The van der Waals surface area contributed by atoms with Crippen LogP contribution in [0.5, 0.6) is 0 Å². The van der Waals surface area contributed by atoms with Crippen LogP contribution in [0.3, 0.4) is 0 Å². The van der Waals surface area contributed by atoms with Crippen molar-refractivity contribution in [3.05, 3.63) is 53.3 Å². The van der Waals surface area contributed by atoms with Crippen molar-refractivity contribution in [1.29, 1.82) is 0 Å². The Hall–Kier alpha value is -2.62. The lowest BCUT2D eigenvalue weighted by molar-refractivity contribution is -0.468. The molecule has 2 rings (SSSR count). The van der Waals surface area contributed by atoms with Crippen molar-refractivity contribution in [2.24, 2.45) is 11.1 Å². The normalized spacial score (nSPS) is 18.2. The minimum atomic E-state index is -7.21. The van der Waals surface area contributed by atoms with E-state index in [1.165, 1.54) is 0 Å². The van der Waals surface area contributed by atoms with Crippen molar-refractivity contribution in [2.45, 2.75) is 48.7 Å². The predicted octanol–water partition coefficient (Wildman–Crippen LogP) is 4.68. The summed E-state index contributed by atoms with van der Waals surface area (Å²) in [5.41, 5.74) is -12.2. The summed E-state index contributed by atoms with van der Waals surface area (Å²) in [4.78, 5) is 0. The molecule has 0 unspecified atom stereocenters. The summed E-state index contributed by atoms with van der Waals surface area (Å²) in [6.45, 7) is 0. The van der Waals surface area contributed by atoms with Crippen LogP contribution in [0, 0.1) is 5.41 Å². The van der Waals surface area contributed by atoms with E-state index in [1.807, 2.05) is 0 Å². The number of hydrogen-bond donors (Lipinski definition) is 4. The summed E-state index contributed by atoms with van der Waals surface area (Å²) in [6.07, 6.45) is -32.3. The van der Waals surface area contributed by atoms with Crippen LogP contribution in [0.15, 0.2) is 47.7 Å². The fourth-order valence-corrected chi connectivity index (χ4v) is 4.17. The first-order chi connectivity index (χ1) is 15.5. The van der Waals surface area contributed by atoms with Crippen LogP contribution >= 0.6 is 0 Å². The molecule has 0 radical (unpaired) electrons. The van der Waals surface area contributed by atoms with Crippen LogP contribution in [0.1, 0.15) is 12.0 Å². The second-order valence-electron chi connectivity index (χ2n) is 7.85. The van der Waals surface area contributed by atoms with Crippen LogP contribution in [0.2, 0.25) is 0 Å². The Labute approximate surface area is 188 Å². The SMILES string of the molecule is NC1=CC=C(Cc2ccc(N)cc2)C(C(O)(C(F)(F)F)C(F)(F)F)(C(O)(C(F)(F)F)C(F)(F)F)C1. The van der Waals surface area contributed by atoms with E-state index in [1.54, 1.807) is 0 Å². The number of allylic oxidation sites excluding steroid dienone is 3. The van der Waals surface area contributed by atoms with E-state index in [9.17, 15) is 62.9 Å². The molecule has 0 spiro atoms. The molecule has 4 nitrogen and oxygen atoms in total. The lowest BCUT2D eigenvalue weighted by Gasteiger charge is -2.57. The molecule has 1 aliphatic rings. The third-order valence-corrected chi connectivity index (χ3v) is 5.77. The zero-order valence-corrected chi connectivity index (χ0v) is 17.0. The molecule has 0 heterocycles. The number of alkyl halides is 12. The Morgan fingerprint density at radius 2 is 1.03 bits per heavy atom. The summed E-state index contributed by atoms with van der Waals surface area (Å²) in [5.74, 6) is 0. The first-order valence-corrected chi connectivity index (χ1v) is 9.19. The van der Waals surface area contributed by atoms with Crippen LogP contribution in [0.25, 0.3) is 0 Å². The molecular formula is C19H16F12N2O2. The van der Waals surface area contributed by atoms with E-state index < -0.39 is 65.4 Å². The number of anilines is 1. The van der Waals surface area contributed by atoms with Gasteiger partial charge in [-0.25, -0.2) is 0 Å². The molecule has 0 bridgehead atoms. The summed E-state index contributed by atoms with van der Waals surface area (Å²) in [5, 5.41) is 20.2. The van der Waals surface area contributed by atoms with Gasteiger partial charge in [0.05, 0.1) is 5.41 Å². The largest absolute Gasteiger partial charge is 0.427 e. The molecule has 16 heteroatoms. The van der Waals surface area contributed by atoms with Crippen LogP contribution in [0.4, 0.5) is 58.4 Å². The average molecular weight is 532 g/mol. The molecule has 35 heavy (non-hydrogen) atoms. The molecule has 0 aliphatic heterocycles. The quantitative estimate of drug-likeness (QED) is 0.335. The maximum atomic E-state index is 13.9. The molecule has 0 saturated heterocycles. The standard InChI is InChI=1S/C19H16F12N2O2/c20-16(21,22)14(34,17(23,24)25)13(15(35,18(26,27)28)19(29,30)31)8-12(33)6-3-10(13)7-9-1-4-11(32)5-2-9/h1-6,34-35H,7-8,32-33H2. The van der Waals surface area contributed by atoms with Crippen molar-refractivity contribution >= 4 is 5.69 Å². The van der Waals surface area contributed by atoms with Crippen LogP contribution in [-0.2, 0) is 6.42 Å². The Bertz CT molecular complexity index is 935. The van der Waals surface area contributed by atoms with E-state index >= 15 is 0 Å². The second-order valence-corrected chi connectivity index (χ2v) is 7.85. The van der Waals surface area contributed by atoms with Gasteiger partial charge in [-0.2, -0.15) is 52.7 Å². The third-order valence-electron chi connectivity index (χ3n) is 5.77. The number of hydrogen-bond acceptors (Lipinski definition) is 4. The highest BCUT2D eigenvalue weighted by Gasteiger charge is 2.92. The van der Waals surface area contributed by atoms with Gasteiger partial charge in [0.25, 0.3) is 11.2 Å². The van der Waals surface area contributed by atoms with Gasteiger partial charge >= 0.3 is 24.7 Å². The molecule has 0 saturated carbocycles. The van der Waals surface area contributed by atoms with Crippen molar-refractivity contribution in [1.82, 2.24) is 0 Å². The Morgan fingerprint density at radius 1 is 0.657 bits per heavy atom. The van der Waals surface area contributed by atoms with Gasteiger partial charge in [-0.05, 0) is 30.2 Å². The van der Waals surface area contributed by atoms with Gasteiger partial charge in [-0.3, -0.25) is 0 Å². The zero-order chi connectivity index (χ0) is 27.5. The van der Waals surface area contributed by atoms with Gasteiger partial charge in [0.1, 0.15) is 0 Å². The number of halogens is 12. The second kappa shape index (κ2) is 8.21. The number of nitrogen functional groups attached to an aromatic ring is 1. The summed E-state index contributed by atoms with van der Waals surface area (Å²) in [7, 11) is 0. The minimum Gasteiger partial charge on any atom is -0.402 e. The van der Waals surface area contributed by atoms with Crippen LogP contribution in [-0.4, -0.2) is 46.1 Å². The summed E-state index contributed by atoms with van der Waals surface area (Å²) in [6, 6.07) is 3.85. The minimum absolute atomic E-state index is 0.00838. The van der Waals surface area contributed by atoms with Crippen molar-refractivity contribution < 1.29 is 62.9 Å². The lowest BCUT2D eigenvalue weighted by atomic mass is 9.51. The highest BCUT2D eigenvalue weighted by atomic mass is 19.4. The molecule has 1 aromatic rings. The highest BCUT2D eigenvalue weighted by Crippen LogP contribution is 2.69. The lowest BCUT2D eigenvalue weighted by Crippen LogP contribution is -2.81. The van der Waals surface area contributed by atoms with E-state index in [0.29, 0.717) is 6.08 Å². The van der Waals surface area contributed by atoms with Gasteiger partial charge < -0.3 is 21.7 Å². The van der Waals surface area contributed by atoms with E-state index in [2.05, 4.69) is 0 Å². The van der Waals surface area contributed by atoms with Crippen LogP contribution < -0.4 is 11.5 Å². The van der Waals surface area contributed by atoms with E-state index in [-0.39, 0.29) is 17.3 Å². The summed E-state index contributed by atoms with van der Waals surface area (Å²) < 4.78 is 167. The molecule has 0 amide bonds. The molecule has 0 aromatic heterocycles. The molecule has 1 aliphatic carbocycles. The fraction of sp³-hybridized carbons (Fsp3) is 0.474. The van der Waals surface area contributed by atoms with Gasteiger partial charge in [0.2, 0.25) is 0 Å². The van der Waals surface area contributed by atoms with E-state index in [4.69, 9.17) is 11.5 Å². The molecule has 0 fully saturated rings. The number of nitrogens with two attached hydrogens (primary N) is 2. The summed E-state index contributed by atoms with van der Waals surface area (Å²) >= 11 is 0. The topological polar surface area (TPSA) is 92.5 Å². The molecular weight excluding hydrogens is 516 g/mol. The van der Waals surface area contributed by atoms with Gasteiger partial charge in [-0.15, -0.1) is 0 Å². The third kappa shape index (κ3) is 4.09.